The van der Waals surface area contributed by atoms with Crippen LogP contribution in [-0.2, 0) is 12.8 Å². The Labute approximate surface area is 109 Å². The third-order valence-corrected chi connectivity index (χ3v) is 3.30. The number of aromatic hydroxyl groups is 2. The molecule has 0 aliphatic carbocycles. The number of phenols is 2. The van der Waals surface area contributed by atoms with Crippen LogP contribution >= 0.6 is 11.6 Å². The Morgan fingerprint density at radius 3 is 2.67 bits per heavy atom. The lowest BCUT2D eigenvalue weighted by atomic mass is 10.0. The summed E-state index contributed by atoms with van der Waals surface area (Å²) in [6, 6.07) is 8.31. The summed E-state index contributed by atoms with van der Waals surface area (Å²) in [4.78, 5) is 0. The zero-order chi connectivity index (χ0) is 12.7. The molecule has 0 saturated carbocycles. The molecule has 0 fully saturated rings. The van der Waals surface area contributed by atoms with Crippen molar-refractivity contribution in [2.75, 3.05) is 0 Å². The molecule has 1 aliphatic rings. The van der Waals surface area contributed by atoms with E-state index >= 15 is 0 Å². The summed E-state index contributed by atoms with van der Waals surface area (Å²) in [6.07, 6.45) is 1.42. The smallest absolute Gasteiger partial charge is 0.138 e. The number of ether oxygens (including phenoxy) is 1. The monoisotopic (exact) mass is 262 g/mol. The molecule has 92 valence electrons. The van der Waals surface area contributed by atoms with Gasteiger partial charge in [0.15, 0.2) is 0 Å². The summed E-state index contributed by atoms with van der Waals surface area (Å²) in [5.41, 5.74) is 1.75. The predicted molar refractivity (Wildman–Crippen MR) is 68.7 cm³/mol. The largest absolute Gasteiger partial charge is 0.508 e. The molecule has 0 bridgehead atoms. The highest BCUT2D eigenvalue weighted by Gasteiger charge is 2.18. The van der Waals surface area contributed by atoms with E-state index in [2.05, 4.69) is 0 Å². The molecule has 18 heavy (non-hydrogen) atoms. The normalized spacial score (nSPS) is 13.2. The number of hydrogen-bond donors (Lipinski definition) is 2. The molecule has 0 amide bonds. The van der Waals surface area contributed by atoms with E-state index in [4.69, 9.17) is 16.3 Å². The molecule has 2 N–H and O–H groups in total. The molecule has 0 unspecified atom stereocenters. The number of fused-ring (bicyclic) bond motifs is 2. The van der Waals surface area contributed by atoms with Crippen molar-refractivity contribution >= 4 is 11.6 Å². The van der Waals surface area contributed by atoms with Gasteiger partial charge in [0.2, 0.25) is 0 Å². The lowest BCUT2D eigenvalue weighted by Crippen LogP contribution is -1.89. The van der Waals surface area contributed by atoms with Gasteiger partial charge in [0.25, 0.3) is 0 Å². The molecule has 4 heteroatoms. The van der Waals surface area contributed by atoms with Crippen LogP contribution in [0.2, 0.25) is 5.02 Å². The van der Waals surface area contributed by atoms with Crippen molar-refractivity contribution in [3.8, 4) is 23.0 Å². The van der Waals surface area contributed by atoms with E-state index in [0.29, 0.717) is 28.5 Å². The van der Waals surface area contributed by atoms with Crippen LogP contribution in [0.5, 0.6) is 23.0 Å². The topological polar surface area (TPSA) is 49.7 Å². The van der Waals surface area contributed by atoms with Gasteiger partial charge in [-0.3, -0.25) is 0 Å². The molecule has 1 heterocycles. The Morgan fingerprint density at radius 1 is 1.00 bits per heavy atom. The minimum Gasteiger partial charge on any atom is -0.508 e. The van der Waals surface area contributed by atoms with Crippen LogP contribution in [0.4, 0.5) is 0 Å². The first-order valence-electron chi connectivity index (χ1n) is 5.64. The van der Waals surface area contributed by atoms with Gasteiger partial charge in [-0.05, 0) is 30.5 Å². The number of aryl methyl sites for hydroxylation is 1. The molecule has 3 rings (SSSR count). The molecule has 2 aromatic carbocycles. The van der Waals surface area contributed by atoms with Crippen molar-refractivity contribution in [1.82, 2.24) is 0 Å². The molecule has 1 aliphatic heterocycles. The Morgan fingerprint density at radius 2 is 1.83 bits per heavy atom. The first-order chi connectivity index (χ1) is 8.63. The summed E-state index contributed by atoms with van der Waals surface area (Å²) in [5.74, 6) is 1.19. The van der Waals surface area contributed by atoms with Gasteiger partial charge in [-0.2, -0.15) is 0 Å². The van der Waals surface area contributed by atoms with Gasteiger partial charge >= 0.3 is 0 Å². The number of rotatable bonds is 0. The summed E-state index contributed by atoms with van der Waals surface area (Å²) in [5, 5.41) is 19.9. The minimum absolute atomic E-state index is 0.0169. The van der Waals surface area contributed by atoms with Crippen LogP contribution in [-0.4, -0.2) is 10.2 Å². The van der Waals surface area contributed by atoms with Crippen molar-refractivity contribution in [3.05, 3.63) is 46.5 Å². The molecule has 0 saturated heterocycles. The Hall–Kier alpha value is -1.87. The van der Waals surface area contributed by atoms with Gasteiger partial charge in [-0.1, -0.05) is 17.7 Å². The average Bonchev–Trinajstić information content (AvgIpc) is 2.47. The Balaban J connectivity index is 2.13. The van der Waals surface area contributed by atoms with Gasteiger partial charge in [-0.15, -0.1) is 0 Å². The third kappa shape index (κ3) is 1.87. The zero-order valence-corrected chi connectivity index (χ0v) is 10.2. The maximum absolute atomic E-state index is 9.83. The second-order valence-corrected chi connectivity index (χ2v) is 4.73. The average molecular weight is 263 g/mol. The van der Waals surface area contributed by atoms with Crippen LogP contribution in [0.1, 0.15) is 11.1 Å². The standard InChI is InChI=1S/C14H11ClO3/c15-9-3-1-8-2-4-11-12(17)6-10(16)7-14(11)18-13(8)5-9/h1,3,5-7,16-17H,2,4H2. The van der Waals surface area contributed by atoms with Crippen LogP contribution in [0.15, 0.2) is 30.3 Å². The highest BCUT2D eigenvalue weighted by molar-refractivity contribution is 6.30. The summed E-state index contributed by atoms with van der Waals surface area (Å²) < 4.78 is 5.74. The molecule has 2 aromatic rings. The lowest BCUT2D eigenvalue weighted by molar-refractivity contribution is 0.427. The molecule has 3 nitrogen and oxygen atoms in total. The summed E-state index contributed by atoms with van der Waals surface area (Å²) in [7, 11) is 0. The number of halogens is 1. The van der Waals surface area contributed by atoms with Gasteiger partial charge in [0.05, 0.1) is 0 Å². The number of hydrogen-bond acceptors (Lipinski definition) is 3. The van der Waals surface area contributed by atoms with Crippen molar-refractivity contribution in [3.63, 3.8) is 0 Å². The van der Waals surface area contributed by atoms with Crippen molar-refractivity contribution < 1.29 is 14.9 Å². The van der Waals surface area contributed by atoms with Gasteiger partial charge in [0.1, 0.15) is 23.0 Å². The van der Waals surface area contributed by atoms with Crippen LogP contribution in [0.3, 0.4) is 0 Å². The zero-order valence-electron chi connectivity index (χ0n) is 9.48. The fraction of sp³-hybridized carbons (Fsp3) is 0.143. The first-order valence-corrected chi connectivity index (χ1v) is 6.02. The van der Waals surface area contributed by atoms with Crippen molar-refractivity contribution in [2.45, 2.75) is 12.8 Å². The van der Waals surface area contributed by atoms with E-state index in [9.17, 15) is 10.2 Å². The van der Waals surface area contributed by atoms with Crippen LogP contribution < -0.4 is 4.74 Å². The Bertz CT molecular complexity index is 623. The van der Waals surface area contributed by atoms with E-state index in [-0.39, 0.29) is 11.5 Å². The summed E-state index contributed by atoms with van der Waals surface area (Å²) in [6.45, 7) is 0. The second-order valence-electron chi connectivity index (χ2n) is 4.30. The molecular formula is C14H11ClO3. The van der Waals surface area contributed by atoms with Gasteiger partial charge in [0, 0.05) is 22.7 Å². The fourth-order valence-electron chi connectivity index (χ4n) is 2.17. The minimum atomic E-state index is -0.0169. The van der Waals surface area contributed by atoms with Gasteiger partial charge < -0.3 is 14.9 Å². The highest BCUT2D eigenvalue weighted by Crippen LogP contribution is 2.40. The molecule has 0 atom stereocenters. The quantitative estimate of drug-likeness (QED) is 0.762. The highest BCUT2D eigenvalue weighted by atomic mass is 35.5. The molecule has 0 spiro atoms. The molecule has 0 aromatic heterocycles. The van der Waals surface area contributed by atoms with E-state index in [1.54, 1.807) is 6.07 Å². The number of benzene rings is 2. The lowest BCUT2D eigenvalue weighted by Gasteiger charge is -2.10. The molecule has 0 radical (unpaired) electrons. The summed E-state index contributed by atoms with van der Waals surface area (Å²) >= 11 is 5.94. The predicted octanol–water partition coefficient (Wildman–Crippen LogP) is 3.64. The SMILES string of the molecule is Oc1cc(O)c2c(c1)Oc1cc(Cl)ccc1CC2. The van der Waals surface area contributed by atoms with E-state index in [1.165, 1.54) is 12.1 Å². The van der Waals surface area contributed by atoms with E-state index in [1.807, 2.05) is 12.1 Å². The molecular weight excluding hydrogens is 252 g/mol. The van der Waals surface area contributed by atoms with Crippen LogP contribution in [0, 0.1) is 0 Å². The Kier molecular flexibility index (Phi) is 2.56. The maximum atomic E-state index is 9.83. The van der Waals surface area contributed by atoms with Crippen molar-refractivity contribution in [1.29, 1.82) is 0 Å². The first kappa shape index (κ1) is 11.2. The van der Waals surface area contributed by atoms with Gasteiger partial charge in [-0.25, -0.2) is 0 Å². The van der Waals surface area contributed by atoms with Crippen LogP contribution in [0.25, 0.3) is 0 Å². The number of phenolic OH excluding ortho intramolecular Hbond substituents is 2. The fourth-order valence-corrected chi connectivity index (χ4v) is 2.33. The maximum Gasteiger partial charge on any atom is 0.138 e. The van der Waals surface area contributed by atoms with Crippen molar-refractivity contribution in [2.24, 2.45) is 0 Å². The second kappa shape index (κ2) is 4.10. The van der Waals surface area contributed by atoms with E-state index in [0.717, 1.165) is 12.0 Å². The van der Waals surface area contributed by atoms with E-state index < -0.39 is 0 Å². The third-order valence-electron chi connectivity index (χ3n) is 3.06.